The largest absolute Gasteiger partial charge is 0.350 e. The van der Waals surface area contributed by atoms with Gasteiger partial charge in [0.2, 0.25) is 0 Å². The molecule has 4 N–H and O–H groups in total. The highest BCUT2D eigenvalue weighted by atomic mass is 35.5. The molecule has 0 spiro atoms. The average molecular weight is 282 g/mol. The number of hydrogen-bond acceptors (Lipinski definition) is 6. The number of anilines is 1. The minimum absolute atomic E-state index is 0.192. The molecule has 19 heavy (non-hydrogen) atoms. The van der Waals surface area contributed by atoms with Crippen molar-refractivity contribution in [3.8, 4) is 0 Å². The first kappa shape index (κ1) is 13.2. The molecule has 0 unspecified atom stereocenters. The number of halogens is 1. The van der Waals surface area contributed by atoms with Crippen LogP contribution in [0.4, 0.5) is 5.82 Å². The lowest BCUT2D eigenvalue weighted by Crippen LogP contribution is -2.27. The van der Waals surface area contributed by atoms with Gasteiger partial charge in [0, 0.05) is 18.3 Å². The third kappa shape index (κ3) is 3.63. The molecule has 0 aliphatic rings. The maximum absolute atomic E-state index is 11.9. The minimum Gasteiger partial charge on any atom is -0.350 e. The van der Waals surface area contributed by atoms with E-state index in [4.69, 9.17) is 17.4 Å². The van der Waals surface area contributed by atoms with Crippen molar-refractivity contribution in [3.63, 3.8) is 0 Å². The summed E-state index contributed by atoms with van der Waals surface area (Å²) in [7, 11) is 0. The van der Waals surface area contributed by atoms with Gasteiger partial charge in [-0.3, -0.25) is 9.48 Å². The average Bonchev–Trinajstić information content (AvgIpc) is 2.91. The van der Waals surface area contributed by atoms with Crippen LogP contribution in [0.2, 0.25) is 5.15 Å². The number of nitrogen functional groups attached to an aromatic ring is 1. The summed E-state index contributed by atoms with van der Waals surface area (Å²) in [6, 6.07) is 2.98. The quantitative estimate of drug-likeness (QED) is 0.405. The summed E-state index contributed by atoms with van der Waals surface area (Å²) in [5, 5.41) is 10.4. The monoisotopic (exact) mass is 281 g/mol. The van der Waals surface area contributed by atoms with Crippen LogP contribution in [0.3, 0.4) is 0 Å². The van der Waals surface area contributed by atoms with Gasteiger partial charge in [0.15, 0.2) is 0 Å². The number of hydrogen-bond donors (Lipinski definition) is 3. The van der Waals surface area contributed by atoms with Crippen LogP contribution in [-0.2, 0) is 6.54 Å². The van der Waals surface area contributed by atoms with Crippen LogP contribution in [0, 0.1) is 0 Å². The Balaban J connectivity index is 1.94. The van der Waals surface area contributed by atoms with E-state index in [-0.39, 0.29) is 11.1 Å². The molecule has 0 atom stereocenters. The normalized spacial score (nSPS) is 10.2. The number of carbonyl (C=O) groups excluding carboxylic acids is 1. The van der Waals surface area contributed by atoms with Crippen molar-refractivity contribution in [1.29, 1.82) is 0 Å². The molecule has 9 heteroatoms. The van der Waals surface area contributed by atoms with E-state index in [9.17, 15) is 4.79 Å². The number of rotatable bonds is 5. The predicted octanol–water partition coefficient (Wildman–Crippen LogP) is 0.0421. The van der Waals surface area contributed by atoms with Gasteiger partial charge in [0.25, 0.3) is 5.91 Å². The highest BCUT2D eigenvalue weighted by Gasteiger charge is 2.08. The number of hydrazine groups is 1. The number of nitrogens with two attached hydrogens (primary N) is 1. The summed E-state index contributed by atoms with van der Waals surface area (Å²) < 4.78 is 1.62. The lowest BCUT2D eigenvalue weighted by Gasteiger charge is -2.07. The van der Waals surface area contributed by atoms with Crippen molar-refractivity contribution in [2.75, 3.05) is 12.0 Å². The Morgan fingerprint density at radius 3 is 3.00 bits per heavy atom. The molecule has 0 aliphatic heterocycles. The Hall–Kier alpha value is -2.19. The molecule has 0 fully saturated rings. The molecular weight excluding hydrogens is 270 g/mol. The van der Waals surface area contributed by atoms with Crippen molar-refractivity contribution in [2.24, 2.45) is 5.84 Å². The van der Waals surface area contributed by atoms with Gasteiger partial charge >= 0.3 is 0 Å². The van der Waals surface area contributed by atoms with Crippen molar-refractivity contribution in [1.82, 2.24) is 25.3 Å². The lowest BCUT2D eigenvalue weighted by molar-refractivity contribution is 0.0952. The van der Waals surface area contributed by atoms with E-state index in [0.717, 1.165) is 0 Å². The zero-order valence-corrected chi connectivity index (χ0v) is 10.6. The minimum atomic E-state index is -0.263. The van der Waals surface area contributed by atoms with E-state index in [1.54, 1.807) is 17.1 Å². The van der Waals surface area contributed by atoms with E-state index < -0.39 is 0 Å². The van der Waals surface area contributed by atoms with Crippen molar-refractivity contribution >= 4 is 23.3 Å². The molecule has 8 nitrogen and oxygen atoms in total. The Labute approximate surface area is 113 Å². The van der Waals surface area contributed by atoms with Crippen LogP contribution in [-0.4, -0.2) is 32.4 Å². The SMILES string of the molecule is NNc1cc(C(=O)NCCn2ccnn2)cc(Cl)n1. The number of nitrogens with one attached hydrogen (secondary N) is 2. The summed E-state index contributed by atoms with van der Waals surface area (Å²) in [6.07, 6.45) is 3.29. The van der Waals surface area contributed by atoms with Crippen LogP contribution in [0.5, 0.6) is 0 Å². The van der Waals surface area contributed by atoms with Crippen LogP contribution < -0.4 is 16.6 Å². The molecule has 0 radical (unpaired) electrons. The van der Waals surface area contributed by atoms with Gasteiger partial charge in [-0.15, -0.1) is 5.10 Å². The first-order valence-electron chi connectivity index (χ1n) is 5.45. The Morgan fingerprint density at radius 2 is 2.32 bits per heavy atom. The molecule has 1 amide bonds. The Bertz CT molecular complexity index is 557. The highest BCUT2D eigenvalue weighted by Crippen LogP contribution is 2.13. The van der Waals surface area contributed by atoms with Crippen molar-refractivity contribution in [3.05, 3.63) is 35.2 Å². The number of amides is 1. The topological polar surface area (TPSA) is 111 Å². The van der Waals surface area contributed by atoms with E-state index in [1.807, 2.05) is 0 Å². The molecule has 2 rings (SSSR count). The molecule has 0 aromatic carbocycles. The zero-order chi connectivity index (χ0) is 13.7. The standard InChI is InChI=1S/C10H12ClN7O/c11-8-5-7(6-9(15-8)16-12)10(19)13-1-3-18-4-2-14-17-18/h2,4-6H,1,3,12H2,(H,13,19)(H,15,16). The lowest BCUT2D eigenvalue weighted by atomic mass is 10.2. The summed E-state index contributed by atoms with van der Waals surface area (Å²) >= 11 is 5.78. The van der Waals surface area contributed by atoms with Crippen LogP contribution in [0.1, 0.15) is 10.4 Å². The summed E-state index contributed by atoms with van der Waals surface area (Å²) in [5.41, 5.74) is 2.72. The molecule has 2 heterocycles. The van der Waals surface area contributed by atoms with Gasteiger partial charge in [-0.2, -0.15) is 0 Å². The molecule has 2 aromatic heterocycles. The van der Waals surface area contributed by atoms with Crippen molar-refractivity contribution in [2.45, 2.75) is 6.54 Å². The summed E-state index contributed by atoms with van der Waals surface area (Å²) in [5.74, 6) is 5.30. The second-order valence-corrected chi connectivity index (χ2v) is 4.02. The third-order valence-electron chi connectivity index (χ3n) is 2.30. The fourth-order valence-corrected chi connectivity index (χ4v) is 1.65. The molecule has 100 valence electrons. The molecular formula is C10H12ClN7O. The van der Waals surface area contributed by atoms with E-state index in [1.165, 1.54) is 12.1 Å². The van der Waals surface area contributed by atoms with Gasteiger partial charge in [0.1, 0.15) is 11.0 Å². The van der Waals surface area contributed by atoms with Gasteiger partial charge in [-0.05, 0) is 12.1 Å². The maximum atomic E-state index is 11.9. The second kappa shape index (κ2) is 6.12. The van der Waals surface area contributed by atoms with Gasteiger partial charge < -0.3 is 10.7 Å². The van der Waals surface area contributed by atoms with Crippen LogP contribution in [0.15, 0.2) is 24.5 Å². The Morgan fingerprint density at radius 1 is 1.47 bits per heavy atom. The first-order chi connectivity index (χ1) is 9.19. The summed E-state index contributed by atoms with van der Waals surface area (Å²) in [6.45, 7) is 0.958. The van der Waals surface area contributed by atoms with E-state index >= 15 is 0 Å². The number of nitrogens with zero attached hydrogens (tertiary/aromatic N) is 4. The fourth-order valence-electron chi connectivity index (χ4n) is 1.44. The molecule has 0 aliphatic carbocycles. The van der Waals surface area contributed by atoms with E-state index in [0.29, 0.717) is 24.5 Å². The first-order valence-corrected chi connectivity index (χ1v) is 5.83. The Kier molecular flexibility index (Phi) is 4.26. The smallest absolute Gasteiger partial charge is 0.251 e. The van der Waals surface area contributed by atoms with Crippen LogP contribution >= 0.6 is 11.6 Å². The van der Waals surface area contributed by atoms with Gasteiger partial charge in [-0.25, -0.2) is 10.8 Å². The van der Waals surface area contributed by atoms with Crippen LogP contribution in [0.25, 0.3) is 0 Å². The molecule has 0 bridgehead atoms. The highest BCUT2D eigenvalue weighted by molar-refractivity contribution is 6.29. The predicted molar refractivity (Wildman–Crippen MR) is 69.4 cm³/mol. The van der Waals surface area contributed by atoms with Gasteiger partial charge in [0.05, 0.1) is 12.7 Å². The molecule has 0 saturated heterocycles. The number of aromatic nitrogens is 4. The van der Waals surface area contributed by atoms with Crippen molar-refractivity contribution < 1.29 is 4.79 Å². The molecule has 0 saturated carbocycles. The summed E-state index contributed by atoms with van der Waals surface area (Å²) in [4.78, 5) is 15.8. The van der Waals surface area contributed by atoms with E-state index in [2.05, 4.69) is 26.0 Å². The van der Waals surface area contributed by atoms with Gasteiger partial charge in [-0.1, -0.05) is 16.8 Å². The number of carbonyl (C=O) groups is 1. The zero-order valence-electron chi connectivity index (χ0n) is 9.88. The third-order valence-corrected chi connectivity index (χ3v) is 2.50. The fraction of sp³-hybridized carbons (Fsp3) is 0.200. The molecule has 2 aromatic rings. The number of pyridine rings is 1. The second-order valence-electron chi connectivity index (χ2n) is 3.63. The maximum Gasteiger partial charge on any atom is 0.251 e.